The molecule has 144 valence electrons. The van der Waals surface area contributed by atoms with Gasteiger partial charge in [0.25, 0.3) is 0 Å². The number of hydrogen-bond acceptors (Lipinski definition) is 6. The van der Waals surface area contributed by atoms with Crippen LogP contribution >= 0.6 is 0 Å². The van der Waals surface area contributed by atoms with Crippen molar-refractivity contribution in [3.8, 4) is 5.75 Å². The van der Waals surface area contributed by atoms with Gasteiger partial charge in [0.15, 0.2) is 0 Å². The second-order valence-corrected chi connectivity index (χ2v) is 6.48. The zero-order chi connectivity index (χ0) is 19.4. The van der Waals surface area contributed by atoms with Gasteiger partial charge in [0.1, 0.15) is 5.75 Å². The molecule has 27 heavy (non-hydrogen) atoms. The molecule has 0 radical (unpaired) electrons. The molecule has 0 aliphatic carbocycles. The van der Waals surface area contributed by atoms with E-state index in [2.05, 4.69) is 4.98 Å². The number of hydrogen-bond donors (Lipinski definition) is 0. The number of benzene rings is 1. The lowest BCUT2D eigenvalue weighted by molar-refractivity contribution is -0.388. The SMILES string of the molecule is COc1ccc(CCC(=O)N2CCN(c3c([N+](=O)[O-])ncn3C)CC2)cc1. The largest absolute Gasteiger partial charge is 0.497 e. The highest BCUT2D eigenvalue weighted by Gasteiger charge is 2.29. The predicted molar refractivity (Wildman–Crippen MR) is 100.0 cm³/mol. The normalized spacial score (nSPS) is 14.3. The van der Waals surface area contributed by atoms with Crippen LogP contribution in [0.4, 0.5) is 11.6 Å². The van der Waals surface area contributed by atoms with Crippen LogP contribution in [0.5, 0.6) is 5.75 Å². The van der Waals surface area contributed by atoms with Crippen LogP contribution in [-0.2, 0) is 18.3 Å². The van der Waals surface area contributed by atoms with Gasteiger partial charge in [-0.3, -0.25) is 9.36 Å². The van der Waals surface area contributed by atoms with Crippen LogP contribution in [0.25, 0.3) is 0 Å². The summed E-state index contributed by atoms with van der Waals surface area (Å²) in [6.07, 6.45) is 2.56. The summed E-state index contributed by atoms with van der Waals surface area (Å²) >= 11 is 0. The maximum Gasteiger partial charge on any atom is 0.406 e. The number of aromatic nitrogens is 2. The van der Waals surface area contributed by atoms with Crippen LogP contribution in [0, 0.1) is 10.1 Å². The van der Waals surface area contributed by atoms with Gasteiger partial charge >= 0.3 is 5.82 Å². The van der Waals surface area contributed by atoms with E-state index in [4.69, 9.17) is 4.74 Å². The van der Waals surface area contributed by atoms with Gasteiger partial charge in [0, 0.05) is 39.6 Å². The highest BCUT2D eigenvalue weighted by Crippen LogP contribution is 2.26. The van der Waals surface area contributed by atoms with Gasteiger partial charge < -0.3 is 24.7 Å². The number of nitro groups is 1. The number of piperazine rings is 1. The lowest BCUT2D eigenvalue weighted by Crippen LogP contribution is -2.49. The van der Waals surface area contributed by atoms with E-state index in [1.54, 1.807) is 18.7 Å². The molecule has 1 amide bonds. The number of aryl methyl sites for hydroxylation is 2. The van der Waals surface area contributed by atoms with Crippen LogP contribution in [0.3, 0.4) is 0 Å². The van der Waals surface area contributed by atoms with Crippen molar-refractivity contribution in [2.45, 2.75) is 12.8 Å². The Morgan fingerprint density at radius 3 is 2.48 bits per heavy atom. The Bertz CT molecular complexity index is 810. The first-order chi connectivity index (χ1) is 13.0. The van der Waals surface area contributed by atoms with E-state index in [1.807, 2.05) is 34.1 Å². The maximum atomic E-state index is 12.5. The summed E-state index contributed by atoms with van der Waals surface area (Å²) in [4.78, 5) is 30.7. The highest BCUT2D eigenvalue weighted by atomic mass is 16.6. The Kier molecular flexibility index (Phi) is 5.58. The molecule has 1 aromatic carbocycles. The van der Waals surface area contributed by atoms with E-state index < -0.39 is 4.92 Å². The lowest BCUT2D eigenvalue weighted by atomic mass is 10.1. The lowest BCUT2D eigenvalue weighted by Gasteiger charge is -2.35. The van der Waals surface area contributed by atoms with Gasteiger partial charge in [-0.15, -0.1) is 0 Å². The molecular weight excluding hydrogens is 350 g/mol. The molecule has 2 heterocycles. The molecule has 1 aliphatic heterocycles. The third-order valence-electron chi connectivity index (χ3n) is 4.78. The Balaban J connectivity index is 1.53. The topological polar surface area (TPSA) is 93.7 Å². The van der Waals surface area contributed by atoms with E-state index >= 15 is 0 Å². The minimum atomic E-state index is -0.471. The Morgan fingerprint density at radius 2 is 1.89 bits per heavy atom. The molecular formula is C18H23N5O4. The van der Waals surface area contributed by atoms with Crippen LogP contribution in [0.2, 0.25) is 0 Å². The fraction of sp³-hybridized carbons (Fsp3) is 0.444. The Morgan fingerprint density at radius 1 is 1.22 bits per heavy atom. The average Bonchev–Trinajstić information content (AvgIpc) is 3.08. The molecule has 1 saturated heterocycles. The number of imidazole rings is 1. The van der Waals surface area contributed by atoms with Crippen molar-refractivity contribution in [3.05, 3.63) is 46.3 Å². The molecule has 0 atom stereocenters. The quantitative estimate of drug-likeness (QED) is 0.564. The zero-order valence-electron chi connectivity index (χ0n) is 15.5. The first-order valence-corrected chi connectivity index (χ1v) is 8.81. The molecule has 9 heteroatoms. The maximum absolute atomic E-state index is 12.5. The van der Waals surface area contributed by atoms with E-state index in [-0.39, 0.29) is 11.7 Å². The van der Waals surface area contributed by atoms with Crippen LogP contribution in [0.1, 0.15) is 12.0 Å². The predicted octanol–water partition coefficient (Wildman–Crippen LogP) is 1.62. The number of carbonyl (C=O) groups excluding carboxylic acids is 1. The standard InChI is InChI=1S/C18H23N5O4/c1-20-13-19-17(23(25)26)18(20)22-11-9-21(10-12-22)16(24)8-5-14-3-6-15(27-2)7-4-14/h3-4,6-7,13H,5,8-12H2,1-2H3. The van der Waals surface area contributed by atoms with Crippen molar-refractivity contribution in [1.29, 1.82) is 0 Å². The number of methoxy groups -OCH3 is 1. The Labute approximate surface area is 157 Å². The second kappa shape index (κ2) is 8.07. The van der Waals surface area contributed by atoms with Crippen molar-refractivity contribution in [1.82, 2.24) is 14.5 Å². The van der Waals surface area contributed by atoms with Crippen LogP contribution < -0.4 is 9.64 Å². The number of amides is 1. The van der Waals surface area contributed by atoms with Crippen molar-refractivity contribution >= 4 is 17.5 Å². The number of anilines is 1. The zero-order valence-corrected chi connectivity index (χ0v) is 15.5. The van der Waals surface area contributed by atoms with Crippen molar-refractivity contribution in [2.75, 3.05) is 38.2 Å². The average molecular weight is 373 g/mol. The molecule has 2 aromatic rings. The van der Waals surface area contributed by atoms with Crippen molar-refractivity contribution < 1.29 is 14.5 Å². The van der Waals surface area contributed by atoms with Crippen LogP contribution in [0.15, 0.2) is 30.6 Å². The van der Waals surface area contributed by atoms with E-state index in [0.717, 1.165) is 11.3 Å². The minimum Gasteiger partial charge on any atom is -0.497 e. The molecule has 9 nitrogen and oxygen atoms in total. The summed E-state index contributed by atoms with van der Waals surface area (Å²) in [7, 11) is 3.36. The van der Waals surface area contributed by atoms with Crippen LogP contribution in [-0.4, -0.2) is 58.6 Å². The summed E-state index contributed by atoms with van der Waals surface area (Å²) < 4.78 is 6.79. The monoisotopic (exact) mass is 373 g/mol. The molecule has 1 fully saturated rings. The number of ether oxygens (including phenoxy) is 1. The molecule has 3 rings (SSSR count). The van der Waals surface area contributed by atoms with Gasteiger partial charge in [-0.2, -0.15) is 0 Å². The molecule has 0 spiro atoms. The second-order valence-electron chi connectivity index (χ2n) is 6.48. The van der Waals surface area contributed by atoms with E-state index in [0.29, 0.717) is 44.8 Å². The Hall–Kier alpha value is -3.10. The van der Waals surface area contributed by atoms with E-state index in [9.17, 15) is 14.9 Å². The minimum absolute atomic E-state index is 0.102. The smallest absolute Gasteiger partial charge is 0.406 e. The summed E-state index contributed by atoms with van der Waals surface area (Å²) in [5, 5.41) is 11.1. The third kappa shape index (κ3) is 4.18. The molecule has 1 aromatic heterocycles. The fourth-order valence-corrected chi connectivity index (χ4v) is 3.27. The first-order valence-electron chi connectivity index (χ1n) is 8.81. The number of carbonyl (C=O) groups is 1. The molecule has 0 bridgehead atoms. The summed E-state index contributed by atoms with van der Waals surface area (Å²) in [6, 6.07) is 7.70. The third-order valence-corrected chi connectivity index (χ3v) is 4.78. The summed E-state index contributed by atoms with van der Waals surface area (Å²) in [5.41, 5.74) is 1.09. The van der Waals surface area contributed by atoms with Gasteiger partial charge in [-0.1, -0.05) is 12.1 Å². The van der Waals surface area contributed by atoms with Gasteiger partial charge in [0.05, 0.1) is 7.11 Å². The molecule has 0 N–H and O–H groups in total. The molecule has 1 aliphatic rings. The van der Waals surface area contributed by atoms with Gasteiger partial charge in [-0.25, -0.2) is 0 Å². The number of rotatable bonds is 6. The summed E-state index contributed by atoms with van der Waals surface area (Å²) in [6.45, 7) is 2.19. The van der Waals surface area contributed by atoms with Gasteiger partial charge in [0.2, 0.25) is 18.1 Å². The summed E-state index contributed by atoms with van der Waals surface area (Å²) in [5.74, 6) is 1.25. The highest BCUT2D eigenvalue weighted by molar-refractivity contribution is 5.77. The molecule has 0 saturated carbocycles. The first kappa shape index (κ1) is 18.7. The number of nitrogens with zero attached hydrogens (tertiary/aromatic N) is 5. The molecule has 0 unspecified atom stereocenters. The van der Waals surface area contributed by atoms with Crippen molar-refractivity contribution in [3.63, 3.8) is 0 Å². The van der Waals surface area contributed by atoms with E-state index in [1.165, 1.54) is 6.33 Å². The van der Waals surface area contributed by atoms with Crippen molar-refractivity contribution in [2.24, 2.45) is 7.05 Å². The van der Waals surface area contributed by atoms with Gasteiger partial charge in [-0.05, 0) is 34.0 Å². The fourth-order valence-electron chi connectivity index (χ4n) is 3.27.